The highest BCUT2D eigenvalue weighted by molar-refractivity contribution is 5.95. The Labute approximate surface area is 79.5 Å². The van der Waals surface area contributed by atoms with Crippen molar-refractivity contribution in [2.75, 3.05) is 0 Å². The molecule has 4 heteroatoms. The third-order valence-electron chi connectivity index (χ3n) is 2.05. The minimum absolute atomic E-state index is 0.0566. The molecule has 0 saturated heterocycles. The van der Waals surface area contributed by atoms with Crippen molar-refractivity contribution in [1.82, 2.24) is 0 Å². The van der Waals surface area contributed by atoms with Crippen LogP contribution in [0.3, 0.4) is 0 Å². The number of fused-ring (bicyclic) bond motifs is 1. The van der Waals surface area contributed by atoms with Crippen molar-refractivity contribution in [2.24, 2.45) is 0 Å². The van der Waals surface area contributed by atoms with E-state index in [0.29, 0.717) is 10.8 Å². The van der Waals surface area contributed by atoms with E-state index < -0.39 is 0 Å². The van der Waals surface area contributed by atoms with Crippen molar-refractivity contribution in [2.45, 2.75) is 0 Å². The molecule has 0 heterocycles. The second-order valence-corrected chi connectivity index (χ2v) is 2.88. The first-order valence-electron chi connectivity index (χ1n) is 3.99. The highest BCUT2D eigenvalue weighted by Crippen LogP contribution is 2.39. The van der Waals surface area contributed by atoms with E-state index in [-0.39, 0.29) is 17.2 Å². The number of rotatable bonds is 1. The van der Waals surface area contributed by atoms with Gasteiger partial charge in [-0.15, -0.1) is 0 Å². The van der Waals surface area contributed by atoms with E-state index in [0.717, 1.165) is 6.07 Å². The summed E-state index contributed by atoms with van der Waals surface area (Å²) in [6.45, 7) is 0. The Balaban J connectivity index is 2.90. The molecule has 72 valence electrons. The van der Waals surface area contributed by atoms with E-state index in [9.17, 15) is 10.2 Å². The summed E-state index contributed by atoms with van der Waals surface area (Å²) in [6, 6.07) is 7.85. The maximum absolute atomic E-state index is 9.47. The Kier molecular flexibility index (Phi) is 1.90. The minimum Gasteiger partial charge on any atom is -0.507 e. The summed E-state index contributed by atoms with van der Waals surface area (Å²) in [6.07, 6.45) is 0. The van der Waals surface area contributed by atoms with Crippen molar-refractivity contribution >= 4 is 10.8 Å². The van der Waals surface area contributed by atoms with Gasteiger partial charge >= 0.3 is 0 Å². The molecule has 3 N–H and O–H groups in total. The van der Waals surface area contributed by atoms with Gasteiger partial charge in [-0.3, -0.25) is 0 Å². The first-order chi connectivity index (χ1) is 6.74. The average Bonchev–Trinajstić information content (AvgIpc) is 2.18. The molecular weight excluding hydrogens is 184 g/mol. The average molecular weight is 192 g/mol. The molecule has 4 nitrogen and oxygen atoms in total. The van der Waals surface area contributed by atoms with Crippen LogP contribution >= 0.6 is 0 Å². The van der Waals surface area contributed by atoms with Crippen molar-refractivity contribution in [3.05, 3.63) is 30.3 Å². The lowest BCUT2D eigenvalue weighted by molar-refractivity contribution is -0.137. The largest absolute Gasteiger partial charge is 0.507 e. The zero-order valence-corrected chi connectivity index (χ0v) is 7.14. The summed E-state index contributed by atoms with van der Waals surface area (Å²) in [5.41, 5.74) is 0. The summed E-state index contributed by atoms with van der Waals surface area (Å²) in [7, 11) is 0. The number of hydrogen-bond acceptors (Lipinski definition) is 4. The maximum Gasteiger partial charge on any atom is 0.214 e. The lowest BCUT2D eigenvalue weighted by Gasteiger charge is -2.06. The fourth-order valence-electron chi connectivity index (χ4n) is 1.41. The van der Waals surface area contributed by atoms with Gasteiger partial charge in [0.1, 0.15) is 5.75 Å². The summed E-state index contributed by atoms with van der Waals surface area (Å²) in [5, 5.41) is 28.3. The summed E-state index contributed by atoms with van der Waals surface area (Å²) >= 11 is 0. The topological polar surface area (TPSA) is 69.9 Å². The molecule has 14 heavy (non-hydrogen) atoms. The predicted octanol–water partition coefficient (Wildman–Crippen LogP) is 2.10. The number of hydrogen-bond donors (Lipinski definition) is 3. The van der Waals surface area contributed by atoms with Gasteiger partial charge in [-0.05, 0) is 0 Å². The fourth-order valence-corrected chi connectivity index (χ4v) is 1.41. The maximum atomic E-state index is 9.47. The van der Waals surface area contributed by atoms with E-state index in [1.807, 2.05) is 0 Å². The standard InChI is InChI=1S/C10H8O4/c11-8-5-9(12)10(14-13)7-4-2-1-3-6(7)8/h1-5,11-13H. The molecule has 0 aromatic heterocycles. The zero-order valence-electron chi connectivity index (χ0n) is 7.14. The molecule has 0 fully saturated rings. The smallest absolute Gasteiger partial charge is 0.214 e. The number of phenols is 2. The molecule has 0 aliphatic heterocycles. The van der Waals surface area contributed by atoms with Crippen LogP contribution in [0, 0.1) is 0 Å². The van der Waals surface area contributed by atoms with Gasteiger partial charge in [0.15, 0.2) is 5.75 Å². The second-order valence-electron chi connectivity index (χ2n) is 2.88. The van der Waals surface area contributed by atoms with Crippen LogP contribution < -0.4 is 4.89 Å². The van der Waals surface area contributed by atoms with Crippen LogP contribution in [-0.2, 0) is 0 Å². The van der Waals surface area contributed by atoms with Crippen LogP contribution in [0.25, 0.3) is 10.8 Å². The molecule has 0 spiro atoms. The van der Waals surface area contributed by atoms with Crippen molar-refractivity contribution in [3.63, 3.8) is 0 Å². The van der Waals surface area contributed by atoms with Gasteiger partial charge in [-0.1, -0.05) is 24.3 Å². The molecule has 2 aromatic rings. The van der Waals surface area contributed by atoms with E-state index in [1.165, 1.54) is 0 Å². The Morgan fingerprint density at radius 1 is 0.929 bits per heavy atom. The van der Waals surface area contributed by atoms with Crippen LogP contribution in [0.4, 0.5) is 0 Å². The van der Waals surface area contributed by atoms with Gasteiger partial charge in [0, 0.05) is 16.8 Å². The molecular formula is C10H8O4. The van der Waals surface area contributed by atoms with E-state index >= 15 is 0 Å². The molecule has 0 bridgehead atoms. The first-order valence-corrected chi connectivity index (χ1v) is 3.99. The van der Waals surface area contributed by atoms with Crippen molar-refractivity contribution in [3.8, 4) is 17.2 Å². The second kappa shape index (κ2) is 3.08. The van der Waals surface area contributed by atoms with Crippen molar-refractivity contribution in [1.29, 1.82) is 0 Å². The first kappa shape index (κ1) is 8.65. The Hall–Kier alpha value is -1.94. The molecule has 0 aliphatic rings. The van der Waals surface area contributed by atoms with Crippen LogP contribution in [0.5, 0.6) is 17.2 Å². The molecule has 0 radical (unpaired) electrons. The Bertz CT molecular complexity index is 479. The summed E-state index contributed by atoms with van der Waals surface area (Å²) in [4.78, 5) is 4.05. The highest BCUT2D eigenvalue weighted by Gasteiger charge is 2.11. The SMILES string of the molecule is OOc1c(O)cc(O)c2ccccc12. The van der Waals surface area contributed by atoms with Gasteiger partial charge in [0.2, 0.25) is 5.75 Å². The fraction of sp³-hybridized carbons (Fsp3) is 0. The lowest BCUT2D eigenvalue weighted by atomic mass is 10.1. The quantitative estimate of drug-likeness (QED) is 0.478. The van der Waals surface area contributed by atoms with Crippen LogP contribution in [-0.4, -0.2) is 15.5 Å². The van der Waals surface area contributed by atoms with Crippen LogP contribution in [0.15, 0.2) is 30.3 Å². The summed E-state index contributed by atoms with van der Waals surface area (Å²) < 4.78 is 0. The molecule has 0 saturated carbocycles. The number of aromatic hydroxyl groups is 2. The van der Waals surface area contributed by atoms with Crippen molar-refractivity contribution < 1.29 is 20.4 Å². The third-order valence-corrected chi connectivity index (χ3v) is 2.05. The van der Waals surface area contributed by atoms with Gasteiger partial charge in [-0.25, -0.2) is 5.26 Å². The molecule has 0 aliphatic carbocycles. The van der Waals surface area contributed by atoms with E-state index in [2.05, 4.69) is 4.89 Å². The Morgan fingerprint density at radius 2 is 1.57 bits per heavy atom. The third kappa shape index (κ3) is 1.13. The summed E-state index contributed by atoms with van der Waals surface area (Å²) in [5.74, 6) is -0.416. The van der Waals surface area contributed by atoms with Gasteiger partial charge < -0.3 is 15.1 Å². The van der Waals surface area contributed by atoms with Gasteiger partial charge in [0.25, 0.3) is 0 Å². The normalized spacial score (nSPS) is 10.4. The molecule has 0 atom stereocenters. The lowest BCUT2D eigenvalue weighted by Crippen LogP contribution is -1.86. The minimum atomic E-state index is -0.302. The van der Waals surface area contributed by atoms with Crippen LogP contribution in [0.2, 0.25) is 0 Å². The van der Waals surface area contributed by atoms with Crippen LogP contribution in [0.1, 0.15) is 0 Å². The number of benzene rings is 2. The predicted molar refractivity (Wildman–Crippen MR) is 50.5 cm³/mol. The molecule has 0 amide bonds. The molecule has 2 rings (SSSR count). The van der Waals surface area contributed by atoms with Gasteiger partial charge in [-0.2, -0.15) is 0 Å². The molecule has 2 aromatic carbocycles. The molecule has 0 unspecified atom stereocenters. The highest BCUT2D eigenvalue weighted by atomic mass is 17.1. The van der Waals surface area contributed by atoms with E-state index in [1.54, 1.807) is 24.3 Å². The Morgan fingerprint density at radius 3 is 2.21 bits per heavy atom. The number of phenolic OH excluding ortho intramolecular Hbond substituents is 2. The monoisotopic (exact) mass is 192 g/mol. The van der Waals surface area contributed by atoms with Gasteiger partial charge in [0.05, 0.1) is 0 Å². The zero-order chi connectivity index (χ0) is 10.1. The van der Waals surface area contributed by atoms with E-state index in [4.69, 9.17) is 5.26 Å².